The first kappa shape index (κ1) is 22.2. The molecule has 0 fully saturated rings. The third-order valence-corrected chi connectivity index (χ3v) is 7.79. The van der Waals surface area contributed by atoms with Crippen LogP contribution in [0.25, 0.3) is 71.3 Å². The largest absolute Gasteiger partial charge is 0.492 e. The summed E-state index contributed by atoms with van der Waals surface area (Å²) >= 11 is 0. The van der Waals surface area contributed by atoms with Gasteiger partial charge in [0, 0.05) is 21.6 Å². The van der Waals surface area contributed by atoms with Crippen LogP contribution < -0.4 is 5.46 Å². The van der Waals surface area contributed by atoms with Gasteiger partial charge in [-0.15, -0.1) is 0 Å². The smallest absolute Gasteiger partial charge is 0.456 e. The number of aromatic nitrogens is 1. The molecule has 0 radical (unpaired) electrons. The van der Waals surface area contributed by atoms with Gasteiger partial charge in [-0.3, -0.25) is 0 Å². The molecule has 5 heteroatoms. The van der Waals surface area contributed by atoms with Gasteiger partial charge >= 0.3 is 7.12 Å². The Morgan fingerprint density at radius 3 is 2.10 bits per heavy atom. The first-order chi connectivity index (χ1) is 19.2. The van der Waals surface area contributed by atoms with Crippen LogP contribution in [0, 0.1) is 0 Å². The Kier molecular flexibility index (Phi) is 4.74. The van der Waals surface area contributed by atoms with E-state index in [0.29, 0.717) is 16.6 Å². The van der Waals surface area contributed by atoms with Gasteiger partial charge in [0.2, 0.25) is 0 Å². The van der Waals surface area contributed by atoms with Gasteiger partial charge in [0.05, 0.1) is 22.1 Å². The normalized spacial score (nSPS) is 11.8. The molecule has 2 heterocycles. The van der Waals surface area contributed by atoms with Gasteiger partial charge in [-0.2, -0.15) is 0 Å². The molecular formula is C34H22BNO3. The highest BCUT2D eigenvalue weighted by atomic mass is 16.4. The summed E-state index contributed by atoms with van der Waals surface area (Å²) in [5, 5.41) is 26.8. The van der Waals surface area contributed by atoms with E-state index in [9.17, 15) is 10.0 Å². The summed E-state index contributed by atoms with van der Waals surface area (Å²) in [6.07, 6.45) is 0. The second-order valence-corrected chi connectivity index (χ2v) is 10.00. The Balaban J connectivity index is 1.54. The summed E-state index contributed by atoms with van der Waals surface area (Å²) < 4.78 is 8.50. The van der Waals surface area contributed by atoms with Crippen LogP contribution in [0.1, 0.15) is 0 Å². The van der Waals surface area contributed by atoms with Gasteiger partial charge < -0.3 is 19.0 Å². The molecule has 0 spiro atoms. The molecule has 0 amide bonds. The number of benzene rings is 6. The monoisotopic (exact) mass is 503 g/mol. The molecule has 0 saturated carbocycles. The lowest BCUT2D eigenvalue weighted by molar-refractivity contribution is 0.425. The predicted octanol–water partition coefficient (Wildman–Crippen LogP) is 7.18. The number of hydrogen-bond acceptors (Lipinski definition) is 3. The molecule has 0 aliphatic rings. The summed E-state index contributed by atoms with van der Waals surface area (Å²) in [5.41, 5.74) is 6.96. The highest BCUT2D eigenvalue weighted by Crippen LogP contribution is 2.40. The second-order valence-electron chi connectivity index (χ2n) is 10.00. The Bertz CT molecular complexity index is 2210. The van der Waals surface area contributed by atoms with Crippen molar-refractivity contribution in [1.29, 1.82) is 0 Å². The van der Waals surface area contributed by atoms with Crippen LogP contribution in [0.5, 0.6) is 0 Å². The number of hydrogen-bond donors (Lipinski definition) is 2. The maximum absolute atomic E-state index is 10.2. The van der Waals surface area contributed by atoms with Crippen molar-refractivity contribution in [2.24, 2.45) is 0 Å². The van der Waals surface area contributed by atoms with E-state index in [-0.39, 0.29) is 0 Å². The van der Waals surface area contributed by atoms with Crippen molar-refractivity contribution in [2.75, 3.05) is 0 Å². The zero-order valence-electron chi connectivity index (χ0n) is 20.9. The van der Waals surface area contributed by atoms with Crippen LogP contribution in [0.4, 0.5) is 0 Å². The van der Waals surface area contributed by atoms with Crippen LogP contribution in [-0.4, -0.2) is 21.7 Å². The molecule has 2 N–H and O–H groups in total. The lowest BCUT2D eigenvalue weighted by Gasteiger charge is -2.12. The van der Waals surface area contributed by atoms with Gasteiger partial charge in [0.1, 0.15) is 11.2 Å². The fourth-order valence-electron chi connectivity index (χ4n) is 6.00. The van der Waals surface area contributed by atoms with Crippen molar-refractivity contribution < 1.29 is 14.5 Å². The van der Waals surface area contributed by atoms with Gasteiger partial charge in [0.15, 0.2) is 0 Å². The van der Waals surface area contributed by atoms with Crippen molar-refractivity contribution in [3.8, 4) is 16.8 Å². The summed E-state index contributed by atoms with van der Waals surface area (Å²) in [4.78, 5) is 0. The van der Waals surface area contributed by atoms with Crippen LogP contribution in [-0.2, 0) is 0 Å². The molecule has 8 aromatic rings. The van der Waals surface area contributed by atoms with Gasteiger partial charge in [0.25, 0.3) is 0 Å². The summed E-state index contributed by atoms with van der Waals surface area (Å²) in [6, 6.07) is 41.6. The number of fused-ring (bicyclic) bond motifs is 7. The van der Waals surface area contributed by atoms with Crippen LogP contribution in [0.2, 0.25) is 0 Å². The third-order valence-electron chi connectivity index (χ3n) is 7.79. The van der Waals surface area contributed by atoms with Crippen LogP contribution in [0.3, 0.4) is 0 Å². The molecule has 184 valence electrons. The van der Waals surface area contributed by atoms with Crippen molar-refractivity contribution >= 4 is 67.1 Å². The van der Waals surface area contributed by atoms with E-state index >= 15 is 0 Å². The van der Waals surface area contributed by atoms with Crippen molar-refractivity contribution in [3.05, 3.63) is 121 Å². The number of para-hydroxylation sites is 1. The van der Waals surface area contributed by atoms with Crippen molar-refractivity contribution in [2.45, 2.75) is 0 Å². The van der Waals surface area contributed by atoms with E-state index in [1.807, 2.05) is 36.4 Å². The molecule has 4 nitrogen and oxygen atoms in total. The van der Waals surface area contributed by atoms with E-state index < -0.39 is 7.12 Å². The van der Waals surface area contributed by atoms with E-state index in [2.05, 4.69) is 83.4 Å². The highest BCUT2D eigenvalue weighted by molar-refractivity contribution is 6.62. The standard InChI is InChI=1S/C34H22BNO3/c37-35(38)28-15-17-30(33-25-12-6-7-13-32(25)39-34(28)33)36-29-16-14-24(21-8-2-1-3-9-21)19-26(29)27-18-22-10-4-5-11-23(22)20-31(27)36/h1-20,37-38H. The summed E-state index contributed by atoms with van der Waals surface area (Å²) in [6.45, 7) is 0. The molecular weight excluding hydrogens is 481 g/mol. The Hall–Kier alpha value is -4.84. The first-order valence-corrected chi connectivity index (χ1v) is 13.0. The van der Waals surface area contributed by atoms with E-state index in [1.165, 1.54) is 10.9 Å². The molecule has 0 aliphatic heterocycles. The quantitative estimate of drug-likeness (QED) is 0.251. The molecule has 6 aromatic carbocycles. The minimum Gasteiger partial charge on any atom is -0.456 e. The Morgan fingerprint density at radius 2 is 1.28 bits per heavy atom. The molecule has 2 aromatic heterocycles. The molecule has 0 bridgehead atoms. The molecule has 0 atom stereocenters. The Labute approximate surface area is 224 Å². The SMILES string of the molecule is OB(O)c1ccc(-n2c3ccc(-c4ccccc4)cc3c3cc4ccccc4cc32)c2c1oc1ccccc12. The van der Waals surface area contributed by atoms with Gasteiger partial charge in [-0.05, 0) is 58.3 Å². The second kappa shape index (κ2) is 8.33. The third kappa shape index (κ3) is 3.28. The van der Waals surface area contributed by atoms with E-state index in [1.54, 1.807) is 6.07 Å². The molecule has 0 unspecified atom stereocenters. The maximum atomic E-state index is 10.2. The molecule has 8 rings (SSSR count). The highest BCUT2D eigenvalue weighted by Gasteiger charge is 2.24. The first-order valence-electron chi connectivity index (χ1n) is 13.0. The van der Waals surface area contributed by atoms with Crippen molar-refractivity contribution in [1.82, 2.24) is 4.57 Å². The minimum absolute atomic E-state index is 0.350. The maximum Gasteiger partial charge on any atom is 0.492 e. The fraction of sp³-hybridized carbons (Fsp3) is 0. The van der Waals surface area contributed by atoms with Crippen molar-refractivity contribution in [3.63, 3.8) is 0 Å². The molecule has 0 saturated heterocycles. The number of rotatable bonds is 3. The molecule has 0 aliphatic carbocycles. The number of furan rings is 1. The zero-order chi connectivity index (χ0) is 26.1. The fourth-order valence-corrected chi connectivity index (χ4v) is 6.00. The average molecular weight is 503 g/mol. The lowest BCUT2D eigenvalue weighted by atomic mass is 9.79. The number of nitrogens with zero attached hydrogens (tertiary/aromatic N) is 1. The van der Waals surface area contributed by atoms with E-state index in [4.69, 9.17) is 4.42 Å². The predicted molar refractivity (Wildman–Crippen MR) is 161 cm³/mol. The van der Waals surface area contributed by atoms with Crippen LogP contribution >= 0.6 is 0 Å². The van der Waals surface area contributed by atoms with E-state index in [0.717, 1.165) is 49.2 Å². The van der Waals surface area contributed by atoms with Crippen LogP contribution in [0.15, 0.2) is 126 Å². The average Bonchev–Trinajstić information content (AvgIpc) is 3.51. The zero-order valence-corrected chi connectivity index (χ0v) is 20.9. The van der Waals surface area contributed by atoms with Gasteiger partial charge in [-0.1, -0.05) is 84.9 Å². The Morgan fingerprint density at radius 1 is 0.564 bits per heavy atom. The molecule has 39 heavy (non-hydrogen) atoms. The summed E-state index contributed by atoms with van der Waals surface area (Å²) in [7, 11) is -1.64. The van der Waals surface area contributed by atoms with Gasteiger partial charge in [-0.25, -0.2) is 0 Å². The topological polar surface area (TPSA) is 58.5 Å². The summed E-state index contributed by atoms with van der Waals surface area (Å²) in [5.74, 6) is 0. The minimum atomic E-state index is -1.64. The lowest BCUT2D eigenvalue weighted by Crippen LogP contribution is -2.30.